The van der Waals surface area contributed by atoms with Crippen LogP contribution in [-0.4, -0.2) is 5.71 Å². The Balaban J connectivity index is 1.79. The molecule has 0 spiro atoms. The predicted molar refractivity (Wildman–Crippen MR) is 74.7 cm³/mol. The van der Waals surface area contributed by atoms with Crippen molar-refractivity contribution in [1.29, 1.82) is 0 Å². The average molecular weight is 236 g/mol. The lowest BCUT2D eigenvalue weighted by atomic mass is 9.98. The van der Waals surface area contributed by atoms with Crippen LogP contribution >= 0.6 is 0 Å². The van der Waals surface area contributed by atoms with Gasteiger partial charge in [-0.05, 0) is 18.1 Å². The van der Waals surface area contributed by atoms with Crippen molar-refractivity contribution >= 4 is 5.71 Å². The molecule has 1 heterocycles. The number of hydrazone groups is 1. The maximum atomic E-state index is 4.46. The highest BCUT2D eigenvalue weighted by molar-refractivity contribution is 6.01. The molecule has 1 atom stereocenters. The fraction of sp³-hybridized carbons (Fsp3) is 0.188. The lowest BCUT2D eigenvalue weighted by Crippen LogP contribution is -2.09. The molecule has 1 unspecified atom stereocenters. The summed E-state index contributed by atoms with van der Waals surface area (Å²) in [4.78, 5) is 0. The number of hydrogen-bond donors (Lipinski definition) is 1. The molecule has 0 fully saturated rings. The molecule has 0 aromatic heterocycles. The van der Waals surface area contributed by atoms with Crippen molar-refractivity contribution in [3.63, 3.8) is 0 Å². The van der Waals surface area contributed by atoms with Gasteiger partial charge in [0.05, 0.1) is 11.8 Å². The molecule has 3 rings (SSSR count). The van der Waals surface area contributed by atoms with E-state index in [0.29, 0.717) is 6.04 Å². The highest BCUT2D eigenvalue weighted by atomic mass is 15.3. The van der Waals surface area contributed by atoms with E-state index in [4.69, 9.17) is 0 Å². The van der Waals surface area contributed by atoms with Gasteiger partial charge in [-0.3, -0.25) is 0 Å². The SMILES string of the molecule is Cc1cccc(C2CC(c3ccccc3)=NN2)c1. The highest BCUT2D eigenvalue weighted by Crippen LogP contribution is 2.24. The minimum absolute atomic E-state index is 0.306. The molecule has 0 saturated heterocycles. The third-order valence-corrected chi connectivity index (χ3v) is 3.30. The number of aryl methyl sites for hydroxylation is 1. The summed E-state index contributed by atoms with van der Waals surface area (Å²) in [6, 6.07) is 19.3. The van der Waals surface area contributed by atoms with E-state index in [2.05, 4.69) is 66.0 Å². The van der Waals surface area contributed by atoms with Crippen molar-refractivity contribution in [2.45, 2.75) is 19.4 Å². The van der Waals surface area contributed by atoms with Gasteiger partial charge in [-0.1, -0.05) is 60.2 Å². The first-order valence-electron chi connectivity index (χ1n) is 6.27. The van der Waals surface area contributed by atoms with Crippen molar-refractivity contribution in [3.05, 3.63) is 71.3 Å². The first kappa shape index (κ1) is 11.0. The van der Waals surface area contributed by atoms with Crippen molar-refractivity contribution < 1.29 is 0 Å². The van der Waals surface area contributed by atoms with Crippen LogP contribution in [0.3, 0.4) is 0 Å². The van der Waals surface area contributed by atoms with Crippen LogP contribution < -0.4 is 5.43 Å². The van der Waals surface area contributed by atoms with Crippen LogP contribution in [0, 0.1) is 6.92 Å². The van der Waals surface area contributed by atoms with Crippen LogP contribution in [0.25, 0.3) is 0 Å². The van der Waals surface area contributed by atoms with E-state index in [-0.39, 0.29) is 0 Å². The summed E-state index contributed by atoms with van der Waals surface area (Å²) >= 11 is 0. The highest BCUT2D eigenvalue weighted by Gasteiger charge is 2.20. The normalized spacial score (nSPS) is 18.3. The Hall–Kier alpha value is -2.09. The number of hydrogen-bond acceptors (Lipinski definition) is 2. The van der Waals surface area contributed by atoms with Crippen LogP contribution in [0.5, 0.6) is 0 Å². The smallest absolute Gasteiger partial charge is 0.0745 e. The van der Waals surface area contributed by atoms with Gasteiger partial charge in [-0.2, -0.15) is 5.10 Å². The molecule has 2 aromatic carbocycles. The molecular formula is C16H16N2. The number of benzene rings is 2. The van der Waals surface area contributed by atoms with Crippen LogP contribution in [0.15, 0.2) is 59.7 Å². The van der Waals surface area contributed by atoms with Gasteiger partial charge in [0.15, 0.2) is 0 Å². The topological polar surface area (TPSA) is 24.4 Å². The molecule has 0 amide bonds. The van der Waals surface area contributed by atoms with Crippen LogP contribution in [0.2, 0.25) is 0 Å². The molecule has 0 radical (unpaired) electrons. The molecule has 90 valence electrons. The number of nitrogens with zero attached hydrogens (tertiary/aromatic N) is 1. The van der Waals surface area contributed by atoms with Gasteiger partial charge < -0.3 is 5.43 Å². The summed E-state index contributed by atoms with van der Waals surface area (Å²) in [6.45, 7) is 2.12. The second-order valence-corrected chi connectivity index (χ2v) is 4.72. The van der Waals surface area contributed by atoms with Crippen molar-refractivity contribution in [2.75, 3.05) is 0 Å². The fourth-order valence-electron chi connectivity index (χ4n) is 2.33. The Morgan fingerprint density at radius 1 is 1.06 bits per heavy atom. The average Bonchev–Trinajstić information content (AvgIpc) is 2.89. The molecule has 0 bridgehead atoms. The Morgan fingerprint density at radius 2 is 1.89 bits per heavy atom. The first-order valence-corrected chi connectivity index (χ1v) is 6.27. The minimum atomic E-state index is 0.306. The van der Waals surface area contributed by atoms with Gasteiger partial charge in [-0.15, -0.1) is 0 Å². The van der Waals surface area contributed by atoms with Gasteiger partial charge in [0.25, 0.3) is 0 Å². The lowest BCUT2D eigenvalue weighted by molar-refractivity contribution is 0.619. The summed E-state index contributed by atoms with van der Waals surface area (Å²) < 4.78 is 0. The van der Waals surface area contributed by atoms with Gasteiger partial charge in [0.1, 0.15) is 0 Å². The Morgan fingerprint density at radius 3 is 2.67 bits per heavy atom. The van der Waals surface area contributed by atoms with E-state index in [0.717, 1.165) is 12.1 Å². The lowest BCUT2D eigenvalue weighted by Gasteiger charge is -2.10. The van der Waals surface area contributed by atoms with Crippen LogP contribution in [0.1, 0.15) is 29.2 Å². The number of nitrogens with one attached hydrogen (secondary N) is 1. The van der Waals surface area contributed by atoms with E-state index < -0.39 is 0 Å². The van der Waals surface area contributed by atoms with Crippen LogP contribution in [0.4, 0.5) is 0 Å². The van der Waals surface area contributed by atoms with Gasteiger partial charge in [0.2, 0.25) is 0 Å². The molecule has 1 N–H and O–H groups in total. The largest absolute Gasteiger partial charge is 0.302 e. The van der Waals surface area contributed by atoms with E-state index in [9.17, 15) is 0 Å². The van der Waals surface area contributed by atoms with Gasteiger partial charge in [0, 0.05) is 6.42 Å². The zero-order valence-electron chi connectivity index (χ0n) is 10.4. The van der Waals surface area contributed by atoms with Gasteiger partial charge >= 0.3 is 0 Å². The third kappa shape index (κ3) is 2.14. The molecule has 0 saturated carbocycles. The zero-order valence-corrected chi connectivity index (χ0v) is 10.4. The standard InChI is InChI=1S/C16H16N2/c1-12-6-5-9-14(10-12)16-11-15(17-18-16)13-7-3-2-4-8-13/h2-10,16,18H,11H2,1H3. The van der Waals surface area contributed by atoms with Crippen LogP contribution in [-0.2, 0) is 0 Å². The van der Waals surface area contributed by atoms with E-state index in [1.165, 1.54) is 16.7 Å². The van der Waals surface area contributed by atoms with Gasteiger partial charge in [-0.25, -0.2) is 0 Å². The molecule has 2 nitrogen and oxygen atoms in total. The molecule has 18 heavy (non-hydrogen) atoms. The van der Waals surface area contributed by atoms with Crippen molar-refractivity contribution in [2.24, 2.45) is 5.10 Å². The molecule has 2 heteroatoms. The zero-order chi connectivity index (χ0) is 12.4. The number of rotatable bonds is 2. The molecular weight excluding hydrogens is 220 g/mol. The Labute approximate surface area is 107 Å². The monoisotopic (exact) mass is 236 g/mol. The van der Waals surface area contributed by atoms with Crippen molar-refractivity contribution in [3.8, 4) is 0 Å². The predicted octanol–water partition coefficient (Wildman–Crippen LogP) is 3.43. The summed E-state index contributed by atoms with van der Waals surface area (Å²) in [5.41, 5.74) is 8.19. The summed E-state index contributed by atoms with van der Waals surface area (Å²) in [5, 5.41) is 4.46. The van der Waals surface area contributed by atoms with E-state index in [1.54, 1.807) is 0 Å². The summed E-state index contributed by atoms with van der Waals surface area (Å²) in [5.74, 6) is 0. The second kappa shape index (κ2) is 4.65. The molecule has 0 aliphatic carbocycles. The van der Waals surface area contributed by atoms with Crippen molar-refractivity contribution in [1.82, 2.24) is 5.43 Å². The quantitative estimate of drug-likeness (QED) is 0.848. The maximum Gasteiger partial charge on any atom is 0.0745 e. The summed E-state index contributed by atoms with van der Waals surface area (Å²) in [6.07, 6.45) is 0.952. The van der Waals surface area contributed by atoms with E-state index in [1.807, 2.05) is 6.07 Å². The third-order valence-electron chi connectivity index (χ3n) is 3.30. The minimum Gasteiger partial charge on any atom is -0.302 e. The fourth-order valence-corrected chi connectivity index (χ4v) is 2.33. The maximum absolute atomic E-state index is 4.46. The molecule has 1 aliphatic rings. The molecule has 1 aliphatic heterocycles. The van der Waals surface area contributed by atoms with E-state index >= 15 is 0 Å². The Bertz CT molecular complexity index is 573. The first-order chi connectivity index (χ1) is 8.83. The molecule has 2 aromatic rings. The summed E-state index contributed by atoms with van der Waals surface area (Å²) in [7, 11) is 0. The second-order valence-electron chi connectivity index (χ2n) is 4.72. The Kier molecular flexibility index (Phi) is 2.85.